The lowest BCUT2D eigenvalue weighted by atomic mass is 10.2. The lowest BCUT2D eigenvalue weighted by Gasteiger charge is -2.34. The number of hydrogen-bond donors (Lipinski definition) is 0. The highest BCUT2D eigenvalue weighted by molar-refractivity contribution is 5.63. The fraction of sp³-hybridized carbons (Fsp3) is 0.450. The lowest BCUT2D eigenvalue weighted by molar-refractivity contribution is 0.243. The van der Waals surface area contributed by atoms with Crippen molar-refractivity contribution in [1.82, 2.24) is 20.2 Å². The average molecular weight is 383 g/mol. The summed E-state index contributed by atoms with van der Waals surface area (Å²) >= 11 is 0. The molecule has 0 atom stereocenters. The van der Waals surface area contributed by atoms with Gasteiger partial charge in [0.1, 0.15) is 17.2 Å². The van der Waals surface area contributed by atoms with Gasteiger partial charge in [-0.1, -0.05) is 17.3 Å². The third-order valence-corrected chi connectivity index (χ3v) is 4.98. The highest BCUT2D eigenvalue weighted by atomic mass is 16.6. The van der Waals surface area contributed by atoms with E-state index in [0.29, 0.717) is 12.5 Å². The van der Waals surface area contributed by atoms with E-state index in [9.17, 15) is 0 Å². The Kier molecular flexibility index (Phi) is 5.29. The van der Waals surface area contributed by atoms with E-state index in [0.717, 1.165) is 67.0 Å². The number of benzene rings is 1. The Morgan fingerprint density at radius 1 is 1.07 bits per heavy atom. The summed E-state index contributed by atoms with van der Waals surface area (Å²) in [4.78, 5) is 9.35. The molecule has 1 aliphatic rings. The predicted octanol–water partition coefficient (Wildman–Crippen LogP) is 3.06. The number of aromatic nitrogens is 3. The van der Waals surface area contributed by atoms with Gasteiger partial charge in [0.2, 0.25) is 5.89 Å². The first-order valence-corrected chi connectivity index (χ1v) is 9.60. The summed E-state index contributed by atoms with van der Waals surface area (Å²) < 4.78 is 16.5. The second-order valence-electron chi connectivity index (χ2n) is 6.89. The minimum atomic E-state index is 0.606. The van der Waals surface area contributed by atoms with Crippen molar-refractivity contribution >= 4 is 5.82 Å². The largest absolute Gasteiger partial charge is 0.493 e. The monoisotopic (exact) mass is 383 g/mol. The summed E-state index contributed by atoms with van der Waals surface area (Å²) in [6.07, 6.45) is 0. The standard InChI is InChI=1S/C20H25N5O3/c1-4-26-18-8-6-5-7-16(18)20-21-17(15(3)27-20)13-24-9-11-25(12-10-24)19-14(2)22-28-23-19/h5-8H,4,9-13H2,1-3H3. The van der Waals surface area contributed by atoms with Crippen LogP contribution in [0.1, 0.15) is 24.1 Å². The zero-order valence-corrected chi connectivity index (χ0v) is 16.5. The number of para-hydroxylation sites is 1. The number of piperazine rings is 1. The second-order valence-corrected chi connectivity index (χ2v) is 6.89. The molecule has 0 spiro atoms. The molecule has 0 saturated carbocycles. The van der Waals surface area contributed by atoms with Gasteiger partial charge < -0.3 is 14.1 Å². The molecule has 8 nitrogen and oxygen atoms in total. The molecule has 0 unspecified atom stereocenters. The smallest absolute Gasteiger partial charge is 0.230 e. The molecule has 2 aromatic heterocycles. The molecule has 148 valence electrons. The molecule has 1 aliphatic heterocycles. The summed E-state index contributed by atoms with van der Waals surface area (Å²) in [7, 11) is 0. The molecule has 0 N–H and O–H groups in total. The first-order chi connectivity index (χ1) is 13.7. The highest BCUT2D eigenvalue weighted by Crippen LogP contribution is 2.31. The molecular weight excluding hydrogens is 358 g/mol. The number of aryl methyl sites for hydroxylation is 2. The number of oxazole rings is 1. The van der Waals surface area contributed by atoms with Crippen LogP contribution in [0.2, 0.25) is 0 Å². The molecule has 0 bridgehead atoms. The summed E-state index contributed by atoms with van der Waals surface area (Å²) in [5.41, 5.74) is 2.69. The number of ether oxygens (including phenoxy) is 1. The van der Waals surface area contributed by atoms with E-state index in [1.54, 1.807) is 0 Å². The van der Waals surface area contributed by atoms with E-state index >= 15 is 0 Å². The minimum Gasteiger partial charge on any atom is -0.493 e. The van der Waals surface area contributed by atoms with Gasteiger partial charge in [0, 0.05) is 32.7 Å². The molecule has 1 saturated heterocycles. The maximum atomic E-state index is 5.97. The molecule has 8 heteroatoms. The van der Waals surface area contributed by atoms with Crippen LogP contribution >= 0.6 is 0 Å². The van der Waals surface area contributed by atoms with E-state index in [4.69, 9.17) is 18.8 Å². The van der Waals surface area contributed by atoms with Crippen molar-refractivity contribution in [3.05, 3.63) is 41.4 Å². The average Bonchev–Trinajstić information content (AvgIpc) is 3.29. The number of anilines is 1. The van der Waals surface area contributed by atoms with E-state index in [2.05, 4.69) is 20.1 Å². The Morgan fingerprint density at radius 2 is 1.86 bits per heavy atom. The van der Waals surface area contributed by atoms with Crippen molar-refractivity contribution in [1.29, 1.82) is 0 Å². The first kappa shape index (κ1) is 18.5. The maximum absolute atomic E-state index is 5.97. The zero-order valence-electron chi connectivity index (χ0n) is 16.5. The third kappa shape index (κ3) is 3.73. The van der Waals surface area contributed by atoms with Crippen molar-refractivity contribution in [3.63, 3.8) is 0 Å². The quantitative estimate of drug-likeness (QED) is 0.642. The Labute approximate surface area is 164 Å². The number of hydrogen-bond acceptors (Lipinski definition) is 8. The Bertz CT molecular complexity index is 928. The molecule has 4 rings (SSSR count). The van der Waals surface area contributed by atoms with Crippen LogP contribution in [-0.4, -0.2) is 53.0 Å². The van der Waals surface area contributed by atoms with E-state index in [1.165, 1.54) is 0 Å². The fourth-order valence-electron chi connectivity index (χ4n) is 3.46. The molecule has 0 radical (unpaired) electrons. The van der Waals surface area contributed by atoms with Crippen molar-refractivity contribution in [3.8, 4) is 17.2 Å². The zero-order chi connectivity index (χ0) is 19.5. The lowest BCUT2D eigenvalue weighted by Crippen LogP contribution is -2.46. The SMILES string of the molecule is CCOc1ccccc1-c1nc(CN2CCN(c3nonc3C)CC2)c(C)o1. The first-order valence-electron chi connectivity index (χ1n) is 9.60. The van der Waals surface area contributed by atoms with Gasteiger partial charge in [-0.05, 0) is 38.1 Å². The van der Waals surface area contributed by atoms with Gasteiger partial charge in [-0.3, -0.25) is 4.90 Å². The van der Waals surface area contributed by atoms with Crippen molar-refractivity contribution < 1.29 is 13.8 Å². The van der Waals surface area contributed by atoms with E-state index in [1.807, 2.05) is 45.0 Å². The second kappa shape index (κ2) is 8.02. The molecule has 0 aliphatic carbocycles. The number of rotatable bonds is 6. The summed E-state index contributed by atoms with van der Waals surface area (Å²) in [6, 6.07) is 7.85. The summed E-state index contributed by atoms with van der Waals surface area (Å²) in [5, 5.41) is 7.87. The van der Waals surface area contributed by atoms with Gasteiger partial charge >= 0.3 is 0 Å². The van der Waals surface area contributed by atoms with Gasteiger partial charge in [0.25, 0.3) is 0 Å². The Morgan fingerprint density at radius 3 is 2.57 bits per heavy atom. The van der Waals surface area contributed by atoms with Crippen LogP contribution in [0, 0.1) is 13.8 Å². The van der Waals surface area contributed by atoms with Crippen LogP contribution < -0.4 is 9.64 Å². The van der Waals surface area contributed by atoms with Crippen LogP contribution in [0.25, 0.3) is 11.5 Å². The molecule has 28 heavy (non-hydrogen) atoms. The normalized spacial score (nSPS) is 15.2. The predicted molar refractivity (Wildman–Crippen MR) is 104 cm³/mol. The van der Waals surface area contributed by atoms with Gasteiger partial charge in [0.05, 0.1) is 17.9 Å². The van der Waals surface area contributed by atoms with Crippen LogP contribution in [0.3, 0.4) is 0 Å². The molecule has 0 amide bonds. The van der Waals surface area contributed by atoms with Crippen LogP contribution in [-0.2, 0) is 6.54 Å². The molecule has 3 heterocycles. The van der Waals surface area contributed by atoms with E-state index < -0.39 is 0 Å². The fourth-order valence-corrected chi connectivity index (χ4v) is 3.46. The van der Waals surface area contributed by atoms with Crippen molar-refractivity contribution in [2.75, 3.05) is 37.7 Å². The summed E-state index contributed by atoms with van der Waals surface area (Å²) in [5.74, 6) is 3.09. The third-order valence-electron chi connectivity index (χ3n) is 4.98. The van der Waals surface area contributed by atoms with Crippen LogP contribution in [0.5, 0.6) is 5.75 Å². The molecular formula is C20H25N5O3. The topological polar surface area (TPSA) is 80.7 Å². The van der Waals surface area contributed by atoms with Gasteiger partial charge in [-0.2, -0.15) is 0 Å². The minimum absolute atomic E-state index is 0.606. The molecule has 1 fully saturated rings. The Balaban J connectivity index is 1.44. The summed E-state index contributed by atoms with van der Waals surface area (Å²) in [6.45, 7) is 10.8. The molecule has 3 aromatic rings. The number of nitrogens with zero attached hydrogens (tertiary/aromatic N) is 5. The van der Waals surface area contributed by atoms with Crippen molar-refractivity contribution in [2.24, 2.45) is 0 Å². The van der Waals surface area contributed by atoms with Gasteiger partial charge in [-0.15, -0.1) is 0 Å². The van der Waals surface area contributed by atoms with Crippen LogP contribution in [0.4, 0.5) is 5.82 Å². The highest BCUT2D eigenvalue weighted by Gasteiger charge is 2.23. The Hall–Kier alpha value is -2.87. The molecule has 1 aromatic carbocycles. The van der Waals surface area contributed by atoms with Gasteiger partial charge in [-0.25, -0.2) is 9.61 Å². The maximum Gasteiger partial charge on any atom is 0.230 e. The van der Waals surface area contributed by atoms with Crippen molar-refractivity contribution in [2.45, 2.75) is 27.3 Å². The van der Waals surface area contributed by atoms with Crippen LogP contribution in [0.15, 0.2) is 33.3 Å². The van der Waals surface area contributed by atoms with E-state index in [-0.39, 0.29) is 0 Å². The van der Waals surface area contributed by atoms with Gasteiger partial charge in [0.15, 0.2) is 5.82 Å².